The molecule has 0 unspecified atom stereocenters. The van der Waals surface area contributed by atoms with Gasteiger partial charge in [-0.3, -0.25) is 4.79 Å². The summed E-state index contributed by atoms with van der Waals surface area (Å²) in [7, 11) is 2.10. The van der Waals surface area contributed by atoms with Gasteiger partial charge < -0.3 is 14.9 Å². The van der Waals surface area contributed by atoms with E-state index in [4.69, 9.17) is 0 Å². The number of benzene rings is 1. The number of likely N-dealkylation sites (N-methyl/N-ethyl adjacent to an activating group) is 1. The molecule has 2 aliphatic heterocycles. The summed E-state index contributed by atoms with van der Waals surface area (Å²) >= 11 is 1.43. The largest absolute Gasteiger partial charge is 0.508 e. The highest BCUT2D eigenvalue weighted by Gasteiger charge is 2.27. The Bertz CT molecular complexity index is 602. The maximum absolute atomic E-state index is 12.0. The minimum absolute atomic E-state index is 0.179. The molecule has 0 atom stereocenters. The maximum Gasteiger partial charge on any atom is 0.286 e. The van der Waals surface area contributed by atoms with Crippen LogP contribution in [0.5, 0.6) is 5.75 Å². The lowest BCUT2D eigenvalue weighted by Gasteiger charge is -2.32. The highest BCUT2D eigenvalue weighted by atomic mass is 32.2. The molecule has 2 heterocycles. The van der Waals surface area contributed by atoms with Gasteiger partial charge >= 0.3 is 0 Å². The van der Waals surface area contributed by atoms with Crippen molar-refractivity contribution in [2.24, 2.45) is 4.99 Å². The molecule has 0 spiro atoms. The Hall–Kier alpha value is -1.79. The molecule has 1 aromatic rings. The summed E-state index contributed by atoms with van der Waals surface area (Å²) < 4.78 is 0. The van der Waals surface area contributed by atoms with E-state index in [1.54, 1.807) is 24.3 Å². The summed E-state index contributed by atoms with van der Waals surface area (Å²) in [5, 5.41) is 10.1. The standard InChI is InChI=1S/C15H17N3O2S/c1-17-6-8-18(9-7-17)15-16-14(20)13(21-15)10-11-2-4-12(19)5-3-11/h2-5,10,19H,6-9H2,1H3/b13-10-. The van der Waals surface area contributed by atoms with Crippen molar-refractivity contribution < 1.29 is 9.90 Å². The minimum Gasteiger partial charge on any atom is -0.508 e. The molecule has 1 amide bonds. The average Bonchev–Trinajstić information content (AvgIpc) is 2.83. The van der Waals surface area contributed by atoms with Gasteiger partial charge in [0.25, 0.3) is 5.91 Å². The van der Waals surface area contributed by atoms with E-state index in [1.165, 1.54) is 11.8 Å². The highest BCUT2D eigenvalue weighted by Crippen LogP contribution is 2.30. The minimum atomic E-state index is -0.179. The molecule has 110 valence electrons. The third-order valence-electron chi connectivity index (χ3n) is 3.57. The van der Waals surface area contributed by atoms with E-state index in [9.17, 15) is 9.90 Å². The summed E-state index contributed by atoms with van der Waals surface area (Å²) in [5.41, 5.74) is 0.887. The molecule has 0 aliphatic carbocycles. The number of hydrogen-bond acceptors (Lipinski definition) is 5. The number of aromatic hydroxyl groups is 1. The Morgan fingerprint density at radius 2 is 1.86 bits per heavy atom. The molecule has 0 aromatic heterocycles. The topological polar surface area (TPSA) is 56.1 Å². The van der Waals surface area contributed by atoms with Crippen molar-refractivity contribution in [3.8, 4) is 5.75 Å². The summed E-state index contributed by atoms with van der Waals surface area (Å²) in [6.07, 6.45) is 1.82. The lowest BCUT2D eigenvalue weighted by molar-refractivity contribution is -0.113. The number of phenolic OH excluding ortho intramolecular Hbond substituents is 1. The van der Waals surface area contributed by atoms with E-state index >= 15 is 0 Å². The van der Waals surface area contributed by atoms with Crippen molar-refractivity contribution in [3.63, 3.8) is 0 Å². The monoisotopic (exact) mass is 303 g/mol. The first-order valence-corrected chi connectivity index (χ1v) is 7.68. The van der Waals surface area contributed by atoms with E-state index in [2.05, 4.69) is 21.8 Å². The van der Waals surface area contributed by atoms with Crippen molar-refractivity contribution in [3.05, 3.63) is 34.7 Å². The van der Waals surface area contributed by atoms with Crippen LogP contribution in [0.4, 0.5) is 0 Å². The van der Waals surface area contributed by atoms with E-state index in [0.717, 1.165) is 36.9 Å². The quantitative estimate of drug-likeness (QED) is 0.799. The van der Waals surface area contributed by atoms with Gasteiger partial charge in [0.1, 0.15) is 5.75 Å². The van der Waals surface area contributed by atoms with E-state index < -0.39 is 0 Å². The molecule has 3 rings (SSSR count). The average molecular weight is 303 g/mol. The highest BCUT2D eigenvalue weighted by molar-refractivity contribution is 8.18. The first-order valence-electron chi connectivity index (χ1n) is 6.87. The van der Waals surface area contributed by atoms with Crippen LogP contribution in [0.25, 0.3) is 6.08 Å². The van der Waals surface area contributed by atoms with E-state index in [0.29, 0.717) is 4.91 Å². The molecule has 6 heteroatoms. The third kappa shape index (κ3) is 3.28. The van der Waals surface area contributed by atoms with Crippen LogP contribution in [-0.2, 0) is 4.79 Å². The number of hydrogen-bond donors (Lipinski definition) is 1. The normalized spacial score (nSPS) is 22.0. The molecule has 1 fully saturated rings. The zero-order valence-electron chi connectivity index (χ0n) is 11.8. The summed E-state index contributed by atoms with van der Waals surface area (Å²) in [6.45, 7) is 3.79. The first-order chi connectivity index (χ1) is 10.1. The van der Waals surface area contributed by atoms with Crippen LogP contribution < -0.4 is 0 Å². The third-order valence-corrected chi connectivity index (χ3v) is 4.62. The van der Waals surface area contributed by atoms with Crippen LogP contribution in [0, 0.1) is 0 Å². The second kappa shape index (κ2) is 5.91. The van der Waals surface area contributed by atoms with Gasteiger partial charge in [-0.05, 0) is 42.6 Å². The van der Waals surface area contributed by atoms with Crippen LogP contribution in [0.1, 0.15) is 5.56 Å². The Morgan fingerprint density at radius 3 is 2.52 bits per heavy atom. The second-order valence-corrected chi connectivity index (χ2v) is 6.20. The molecule has 1 N–H and O–H groups in total. The van der Waals surface area contributed by atoms with Crippen molar-refractivity contribution in [2.75, 3.05) is 33.2 Å². The van der Waals surface area contributed by atoms with Crippen LogP contribution in [0.3, 0.4) is 0 Å². The molecule has 1 aromatic carbocycles. The lowest BCUT2D eigenvalue weighted by atomic mass is 10.2. The van der Waals surface area contributed by atoms with Gasteiger partial charge in [-0.1, -0.05) is 12.1 Å². The second-order valence-electron chi connectivity index (χ2n) is 5.19. The number of carbonyl (C=O) groups excluding carboxylic acids is 1. The molecule has 21 heavy (non-hydrogen) atoms. The summed E-state index contributed by atoms with van der Waals surface area (Å²) in [6, 6.07) is 6.78. The molecule has 5 nitrogen and oxygen atoms in total. The Balaban J connectivity index is 1.71. The van der Waals surface area contributed by atoms with Gasteiger partial charge in [0.05, 0.1) is 4.91 Å². The molecule has 2 aliphatic rings. The molecule has 0 bridgehead atoms. The lowest BCUT2D eigenvalue weighted by Crippen LogP contribution is -2.46. The molecule has 0 radical (unpaired) electrons. The Labute approximate surface area is 128 Å². The van der Waals surface area contributed by atoms with Crippen LogP contribution >= 0.6 is 11.8 Å². The Morgan fingerprint density at radius 1 is 1.19 bits per heavy atom. The van der Waals surface area contributed by atoms with E-state index in [-0.39, 0.29) is 11.7 Å². The molecule has 1 saturated heterocycles. The predicted molar refractivity (Wildman–Crippen MR) is 85.2 cm³/mol. The van der Waals surface area contributed by atoms with Crippen molar-refractivity contribution in [2.45, 2.75) is 0 Å². The number of piperazine rings is 1. The zero-order chi connectivity index (χ0) is 14.8. The van der Waals surface area contributed by atoms with Crippen LogP contribution in [0.2, 0.25) is 0 Å². The van der Waals surface area contributed by atoms with Gasteiger partial charge in [0.15, 0.2) is 5.17 Å². The van der Waals surface area contributed by atoms with Crippen molar-refractivity contribution in [1.82, 2.24) is 9.80 Å². The fourth-order valence-corrected chi connectivity index (χ4v) is 3.22. The number of amidine groups is 1. The fourth-order valence-electron chi connectivity index (χ4n) is 2.25. The van der Waals surface area contributed by atoms with Gasteiger partial charge in [-0.15, -0.1) is 0 Å². The van der Waals surface area contributed by atoms with Gasteiger partial charge in [0.2, 0.25) is 0 Å². The van der Waals surface area contributed by atoms with Crippen LogP contribution in [0.15, 0.2) is 34.2 Å². The number of aliphatic imine (C=N–C) groups is 1. The zero-order valence-corrected chi connectivity index (χ0v) is 12.6. The smallest absolute Gasteiger partial charge is 0.286 e. The van der Waals surface area contributed by atoms with Gasteiger partial charge in [0, 0.05) is 26.2 Å². The number of nitrogens with zero attached hydrogens (tertiary/aromatic N) is 3. The number of carbonyl (C=O) groups is 1. The SMILES string of the molecule is CN1CCN(C2=NC(=O)/C(=C/c3ccc(O)cc3)S2)CC1. The predicted octanol–water partition coefficient (Wildman–Crippen LogP) is 1.61. The fraction of sp³-hybridized carbons (Fsp3) is 0.333. The molecular weight excluding hydrogens is 286 g/mol. The van der Waals surface area contributed by atoms with E-state index in [1.807, 2.05) is 6.08 Å². The molecule has 0 saturated carbocycles. The maximum atomic E-state index is 12.0. The Kier molecular flexibility index (Phi) is 3.98. The summed E-state index contributed by atoms with van der Waals surface area (Å²) in [4.78, 5) is 21.2. The van der Waals surface area contributed by atoms with Gasteiger partial charge in [-0.2, -0.15) is 4.99 Å². The first kappa shape index (κ1) is 14.2. The summed E-state index contributed by atoms with van der Waals surface area (Å²) in [5.74, 6) is 0.0407. The van der Waals surface area contributed by atoms with Crippen molar-refractivity contribution >= 4 is 28.9 Å². The van der Waals surface area contributed by atoms with Crippen molar-refractivity contribution in [1.29, 1.82) is 0 Å². The number of rotatable bonds is 1. The number of phenols is 1. The van der Waals surface area contributed by atoms with Crippen LogP contribution in [-0.4, -0.2) is 59.2 Å². The molecular formula is C15H17N3O2S. The number of thioether (sulfide) groups is 1. The van der Waals surface area contributed by atoms with Gasteiger partial charge in [-0.25, -0.2) is 0 Å². The number of amides is 1.